The molecule has 0 atom stereocenters. The van der Waals surface area contributed by atoms with Crippen LogP contribution in [0.5, 0.6) is 0 Å². The molecule has 7 aromatic carbocycles. The summed E-state index contributed by atoms with van der Waals surface area (Å²) in [5.74, 6) is 1.56. The van der Waals surface area contributed by atoms with Crippen LogP contribution in [0.3, 0.4) is 0 Å². The van der Waals surface area contributed by atoms with Crippen LogP contribution < -0.4 is 0 Å². The molecule has 58 heavy (non-hydrogen) atoms. The third-order valence-electron chi connectivity index (χ3n) is 10.8. The van der Waals surface area contributed by atoms with Gasteiger partial charge >= 0.3 is 0 Å². The highest BCUT2D eigenvalue weighted by Gasteiger charge is 2.24. The average Bonchev–Trinajstić information content (AvgIpc) is 3.77. The molecule has 3 heterocycles. The van der Waals surface area contributed by atoms with Crippen molar-refractivity contribution in [3.63, 3.8) is 0 Å². The topological polar surface area (TPSA) is 81.0 Å². The Hall–Kier alpha value is -8.38. The van der Waals surface area contributed by atoms with Crippen molar-refractivity contribution in [1.82, 2.24) is 24.1 Å². The molecule has 3 aromatic heterocycles. The maximum absolute atomic E-state index is 10.1. The number of hydrogen-bond donors (Lipinski definition) is 0. The van der Waals surface area contributed by atoms with Gasteiger partial charge in [0.25, 0.3) is 0 Å². The van der Waals surface area contributed by atoms with Crippen LogP contribution in [0.1, 0.15) is 17.2 Å². The van der Waals surface area contributed by atoms with Gasteiger partial charge in [-0.15, -0.1) is 0 Å². The Morgan fingerprint density at radius 3 is 1.59 bits per heavy atom. The van der Waals surface area contributed by atoms with Crippen molar-refractivity contribution in [1.29, 1.82) is 5.26 Å². The van der Waals surface area contributed by atoms with Crippen LogP contribution in [0.15, 0.2) is 146 Å². The van der Waals surface area contributed by atoms with Gasteiger partial charge in [-0.05, 0) is 78.6 Å². The number of rotatable bonds is 5. The van der Waals surface area contributed by atoms with Gasteiger partial charge < -0.3 is 9.13 Å². The van der Waals surface area contributed by atoms with Crippen LogP contribution in [0.4, 0.5) is 11.4 Å². The molecule has 0 aliphatic rings. The van der Waals surface area contributed by atoms with Crippen molar-refractivity contribution >= 4 is 55.0 Å². The number of hydrogen-bond acceptors (Lipinski definition) is 4. The predicted octanol–water partition coefficient (Wildman–Crippen LogP) is 12.7. The number of nitriles is 1. The van der Waals surface area contributed by atoms with Gasteiger partial charge in [0.1, 0.15) is 11.6 Å². The first-order chi connectivity index (χ1) is 28.4. The van der Waals surface area contributed by atoms with E-state index in [1.54, 1.807) is 0 Å². The van der Waals surface area contributed by atoms with Crippen LogP contribution in [0.2, 0.25) is 0 Å². The molecule has 0 aliphatic heterocycles. The summed E-state index contributed by atoms with van der Waals surface area (Å²) in [6.07, 6.45) is 0. The van der Waals surface area contributed by atoms with E-state index in [1.807, 2.05) is 98.8 Å². The summed E-state index contributed by atoms with van der Waals surface area (Å²) in [5.41, 5.74) is 11.1. The normalized spacial score (nSPS) is 11.2. The minimum Gasteiger partial charge on any atom is -0.308 e. The number of nitrogens with zero attached hydrogens (tertiary/aromatic N) is 8. The lowest BCUT2D eigenvalue weighted by molar-refractivity contribution is 0.928. The van der Waals surface area contributed by atoms with Gasteiger partial charge in [0, 0.05) is 27.1 Å². The van der Waals surface area contributed by atoms with E-state index in [4.69, 9.17) is 23.1 Å². The summed E-state index contributed by atoms with van der Waals surface area (Å²) < 4.78 is 4.50. The Bertz CT molecular complexity index is 3450. The summed E-state index contributed by atoms with van der Waals surface area (Å²) >= 11 is 0. The van der Waals surface area contributed by atoms with E-state index in [9.17, 15) is 5.26 Å². The van der Waals surface area contributed by atoms with Gasteiger partial charge in [-0.25, -0.2) is 24.6 Å². The second-order valence-electron chi connectivity index (χ2n) is 14.2. The van der Waals surface area contributed by atoms with Crippen molar-refractivity contribution in [2.24, 2.45) is 0 Å². The Kier molecular flexibility index (Phi) is 7.90. The minimum atomic E-state index is 0.396. The van der Waals surface area contributed by atoms with Crippen LogP contribution in [-0.2, 0) is 0 Å². The van der Waals surface area contributed by atoms with Gasteiger partial charge in [0.15, 0.2) is 17.2 Å². The Labute approximate surface area is 333 Å². The fourth-order valence-corrected chi connectivity index (χ4v) is 8.37. The van der Waals surface area contributed by atoms with Gasteiger partial charge in [-0.1, -0.05) is 103 Å². The fourth-order valence-electron chi connectivity index (χ4n) is 8.37. The van der Waals surface area contributed by atoms with Gasteiger partial charge in [0.2, 0.25) is 0 Å². The molecule has 0 N–H and O–H groups in total. The van der Waals surface area contributed by atoms with Crippen LogP contribution in [-0.4, -0.2) is 24.1 Å². The molecule has 0 saturated heterocycles. The average molecular weight is 743 g/mol. The Morgan fingerprint density at radius 2 is 0.983 bits per heavy atom. The van der Waals surface area contributed by atoms with E-state index >= 15 is 0 Å². The smallest absolute Gasteiger partial charge is 0.200 e. The quantitative estimate of drug-likeness (QED) is 0.164. The van der Waals surface area contributed by atoms with Crippen molar-refractivity contribution in [3.05, 3.63) is 186 Å². The molecule has 8 heteroatoms. The number of benzene rings is 7. The Morgan fingerprint density at radius 1 is 0.483 bits per heavy atom. The van der Waals surface area contributed by atoms with E-state index in [-0.39, 0.29) is 0 Å². The molecule has 0 unspecified atom stereocenters. The first-order valence-electron chi connectivity index (χ1n) is 18.7. The summed E-state index contributed by atoms with van der Waals surface area (Å²) in [6, 6.07) is 51.1. The molecule has 0 aliphatic carbocycles. The lowest BCUT2D eigenvalue weighted by atomic mass is 9.99. The fraction of sp³-hybridized carbons (Fsp3) is 0.0400. The summed E-state index contributed by atoms with van der Waals surface area (Å²) in [7, 11) is 0. The lowest BCUT2D eigenvalue weighted by Crippen LogP contribution is -2.06. The largest absolute Gasteiger partial charge is 0.308 e. The van der Waals surface area contributed by atoms with Crippen molar-refractivity contribution in [2.45, 2.75) is 13.8 Å². The molecule has 0 amide bonds. The minimum absolute atomic E-state index is 0.396. The van der Waals surface area contributed by atoms with E-state index in [1.165, 1.54) is 0 Å². The SMILES string of the molecule is [C-]#[N+]c1ccccc1-c1ccc2c3ccccc3n(-c3cc(-c4nc(C)nc(C)n4)c([N+]#[C-])cc3-n3c4ccccc4c4ccc(-c5ccccc5C#N)cc43)c2c1. The monoisotopic (exact) mass is 742 g/mol. The summed E-state index contributed by atoms with van der Waals surface area (Å²) in [4.78, 5) is 21.9. The van der Waals surface area contributed by atoms with E-state index in [0.717, 1.165) is 77.2 Å². The number of fused-ring (bicyclic) bond motifs is 6. The first-order valence-corrected chi connectivity index (χ1v) is 18.7. The van der Waals surface area contributed by atoms with Gasteiger partial charge in [0.05, 0.1) is 58.2 Å². The molecule has 0 fully saturated rings. The van der Waals surface area contributed by atoms with Crippen molar-refractivity contribution in [2.75, 3.05) is 0 Å². The highest BCUT2D eigenvalue weighted by Crippen LogP contribution is 2.44. The second-order valence-corrected chi connectivity index (χ2v) is 14.2. The zero-order valence-corrected chi connectivity index (χ0v) is 31.4. The molecule has 0 saturated carbocycles. The van der Waals surface area contributed by atoms with Gasteiger partial charge in [-0.2, -0.15) is 5.26 Å². The number of aromatic nitrogens is 5. The molecular formula is C50H30N8. The van der Waals surface area contributed by atoms with Crippen LogP contribution in [0, 0.1) is 38.3 Å². The first kappa shape index (κ1) is 34.1. The number of aryl methyl sites for hydroxylation is 2. The molecule has 270 valence electrons. The Balaban J connectivity index is 1.37. The third kappa shape index (κ3) is 5.31. The van der Waals surface area contributed by atoms with Crippen molar-refractivity contribution < 1.29 is 0 Å². The summed E-state index contributed by atoms with van der Waals surface area (Å²) in [6.45, 7) is 20.1. The van der Waals surface area contributed by atoms with E-state index < -0.39 is 0 Å². The number of para-hydroxylation sites is 3. The zero-order valence-electron chi connectivity index (χ0n) is 31.4. The van der Waals surface area contributed by atoms with Gasteiger partial charge in [-0.3, -0.25) is 0 Å². The van der Waals surface area contributed by atoms with Crippen LogP contribution in [0.25, 0.3) is 98.3 Å². The maximum Gasteiger partial charge on any atom is 0.200 e. The van der Waals surface area contributed by atoms with Crippen LogP contribution >= 0.6 is 0 Å². The third-order valence-corrected chi connectivity index (χ3v) is 10.8. The lowest BCUT2D eigenvalue weighted by Gasteiger charge is -2.20. The molecule has 8 nitrogen and oxygen atoms in total. The maximum atomic E-state index is 10.1. The molecule has 0 spiro atoms. The molecule has 0 bridgehead atoms. The highest BCUT2D eigenvalue weighted by molar-refractivity contribution is 6.13. The molecule has 0 radical (unpaired) electrons. The second kappa shape index (κ2) is 13.4. The highest BCUT2D eigenvalue weighted by atomic mass is 15.1. The zero-order chi connectivity index (χ0) is 39.5. The van der Waals surface area contributed by atoms with Crippen molar-refractivity contribution in [3.8, 4) is 51.1 Å². The molecule has 10 aromatic rings. The summed E-state index contributed by atoms with van der Waals surface area (Å²) in [5, 5.41) is 14.3. The van der Waals surface area contributed by atoms with E-state index in [2.05, 4.69) is 90.5 Å². The molecule has 10 rings (SSSR count). The predicted molar refractivity (Wildman–Crippen MR) is 232 cm³/mol. The standard InChI is InChI=1S/C50H30N8/c1-30-54-31(2)56-50(55-30)41-27-48(57-44-19-11-8-16-37(44)40-24-22-33(26-47(40)57)36-15-7-10-18-42(36)52-3)49(28-43(41)53-4)58-45-20-12-9-17-38(45)39-23-21-32(25-46(39)58)35-14-6-5-13-34(35)29-51/h5-28H,1-2H3. The molecular weight excluding hydrogens is 713 g/mol. The van der Waals surface area contributed by atoms with E-state index in [0.29, 0.717) is 40.0 Å².